The molecule has 2 atom stereocenters. The van der Waals surface area contributed by atoms with E-state index in [1.807, 2.05) is 0 Å². The summed E-state index contributed by atoms with van der Waals surface area (Å²) in [6, 6.07) is 0. The average Bonchev–Trinajstić information content (AvgIpc) is 2.99. The molecule has 6 heteroatoms. The number of aliphatic carboxylic acids is 1. The molecule has 2 N–H and O–H groups in total. The molecular formula is C12H20N2O4. The molecule has 0 aliphatic carbocycles. The number of ether oxygens (including phenoxy) is 1. The van der Waals surface area contributed by atoms with Crippen LogP contribution in [0.4, 0.5) is 0 Å². The highest BCUT2D eigenvalue weighted by Gasteiger charge is 2.34. The van der Waals surface area contributed by atoms with Crippen molar-refractivity contribution in [2.24, 2.45) is 0 Å². The van der Waals surface area contributed by atoms with Crippen molar-refractivity contribution in [3.8, 4) is 0 Å². The highest BCUT2D eigenvalue weighted by molar-refractivity contribution is 5.82. The van der Waals surface area contributed by atoms with Crippen LogP contribution >= 0.6 is 0 Å². The Morgan fingerprint density at radius 1 is 1.22 bits per heavy atom. The smallest absolute Gasteiger partial charge is 0.332 e. The first kappa shape index (κ1) is 13.3. The van der Waals surface area contributed by atoms with Crippen LogP contribution in [0.25, 0.3) is 0 Å². The number of carbonyl (C=O) groups is 2. The minimum absolute atomic E-state index is 0.182. The molecule has 0 saturated carbocycles. The number of hydrogen-bond acceptors (Lipinski definition) is 4. The van der Waals surface area contributed by atoms with Crippen LogP contribution in [0.15, 0.2) is 0 Å². The summed E-state index contributed by atoms with van der Waals surface area (Å²) in [5.74, 6) is -1.17. The number of hydrogen-bond donors (Lipinski definition) is 2. The summed E-state index contributed by atoms with van der Waals surface area (Å²) in [6.45, 7) is 3.69. The molecule has 6 nitrogen and oxygen atoms in total. The fraction of sp³-hybridized carbons (Fsp3) is 0.833. The number of amides is 1. The van der Waals surface area contributed by atoms with Gasteiger partial charge in [0.15, 0.2) is 6.10 Å². The molecule has 2 aliphatic rings. The van der Waals surface area contributed by atoms with Gasteiger partial charge in [-0.05, 0) is 38.8 Å². The van der Waals surface area contributed by atoms with Gasteiger partial charge in [0.25, 0.3) is 0 Å². The van der Waals surface area contributed by atoms with Crippen molar-refractivity contribution in [2.45, 2.75) is 37.9 Å². The molecule has 2 heterocycles. The number of carboxylic acids is 1. The van der Waals surface area contributed by atoms with Gasteiger partial charge in [-0.1, -0.05) is 0 Å². The summed E-state index contributed by atoms with van der Waals surface area (Å²) in [6.07, 6.45) is 1.97. The monoisotopic (exact) mass is 256 g/mol. The van der Waals surface area contributed by atoms with E-state index >= 15 is 0 Å². The topological polar surface area (TPSA) is 78.9 Å². The van der Waals surface area contributed by atoms with E-state index in [2.05, 4.69) is 10.2 Å². The fourth-order valence-corrected chi connectivity index (χ4v) is 2.47. The van der Waals surface area contributed by atoms with Crippen LogP contribution in [-0.4, -0.2) is 60.3 Å². The second kappa shape index (κ2) is 6.15. The molecule has 0 aromatic carbocycles. The molecule has 0 unspecified atom stereocenters. The summed E-state index contributed by atoms with van der Waals surface area (Å²) in [4.78, 5) is 24.7. The summed E-state index contributed by atoms with van der Waals surface area (Å²) in [5.41, 5.74) is 0. The average molecular weight is 256 g/mol. The van der Waals surface area contributed by atoms with E-state index in [-0.39, 0.29) is 5.91 Å². The molecule has 2 saturated heterocycles. The van der Waals surface area contributed by atoms with E-state index in [9.17, 15) is 9.59 Å². The Hall–Kier alpha value is -1.14. The van der Waals surface area contributed by atoms with E-state index in [0.29, 0.717) is 19.4 Å². The Labute approximate surface area is 106 Å². The third-order valence-corrected chi connectivity index (χ3v) is 3.51. The summed E-state index contributed by atoms with van der Waals surface area (Å²) in [5, 5.41) is 11.6. The van der Waals surface area contributed by atoms with E-state index in [1.54, 1.807) is 0 Å². The van der Waals surface area contributed by atoms with Gasteiger partial charge in [-0.3, -0.25) is 4.79 Å². The predicted molar refractivity (Wildman–Crippen MR) is 64.2 cm³/mol. The van der Waals surface area contributed by atoms with E-state index < -0.39 is 18.2 Å². The molecule has 0 bridgehead atoms. The number of nitrogens with one attached hydrogen (secondary N) is 1. The van der Waals surface area contributed by atoms with E-state index in [0.717, 1.165) is 19.6 Å². The molecular weight excluding hydrogens is 236 g/mol. The third kappa shape index (κ3) is 3.43. The Morgan fingerprint density at radius 2 is 1.89 bits per heavy atom. The van der Waals surface area contributed by atoms with E-state index in [1.165, 1.54) is 12.8 Å². The standard InChI is InChI=1S/C12H20N2O4/c15-11(9-3-4-10(18-9)12(16)17)13-5-8-14-6-1-2-7-14/h9-10H,1-8H2,(H,13,15)(H,16,17)/t9-,10+/m0/s1. The summed E-state index contributed by atoms with van der Waals surface area (Å²) >= 11 is 0. The Balaban J connectivity index is 1.64. The van der Waals surface area contributed by atoms with Gasteiger partial charge < -0.3 is 20.1 Å². The molecule has 0 spiro atoms. The third-order valence-electron chi connectivity index (χ3n) is 3.51. The molecule has 0 radical (unpaired) electrons. The molecule has 1 amide bonds. The zero-order chi connectivity index (χ0) is 13.0. The van der Waals surface area contributed by atoms with Crippen LogP contribution in [0.1, 0.15) is 25.7 Å². The lowest BCUT2D eigenvalue weighted by Crippen LogP contribution is -2.39. The number of rotatable bonds is 5. The van der Waals surface area contributed by atoms with Gasteiger partial charge in [0.1, 0.15) is 6.10 Å². The minimum atomic E-state index is -0.984. The molecule has 102 valence electrons. The van der Waals surface area contributed by atoms with Gasteiger partial charge in [0, 0.05) is 13.1 Å². The van der Waals surface area contributed by atoms with Gasteiger partial charge in [0.05, 0.1) is 0 Å². The highest BCUT2D eigenvalue weighted by atomic mass is 16.5. The number of carbonyl (C=O) groups excluding carboxylic acids is 1. The molecule has 2 aliphatic heterocycles. The predicted octanol–water partition coefficient (Wildman–Crippen LogP) is -0.169. The van der Waals surface area contributed by atoms with Crippen LogP contribution in [0.3, 0.4) is 0 Å². The number of likely N-dealkylation sites (tertiary alicyclic amines) is 1. The number of nitrogens with zero attached hydrogens (tertiary/aromatic N) is 1. The van der Waals surface area contributed by atoms with Crippen molar-refractivity contribution >= 4 is 11.9 Å². The van der Waals surface area contributed by atoms with Crippen LogP contribution in [0, 0.1) is 0 Å². The number of carboxylic acid groups (broad SMARTS) is 1. The van der Waals surface area contributed by atoms with Gasteiger partial charge >= 0.3 is 5.97 Å². The quantitative estimate of drug-likeness (QED) is 0.714. The maximum Gasteiger partial charge on any atom is 0.332 e. The van der Waals surface area contributed by atoms with Gasteiger partial charge in [-0.2, -0.15) is 0 Å². The van der Waals surface area contributed by atoms with Crippen LogP contribution in [0.2, 0.25) is 0 Å². The molecule has 2 fully saturated rings. The van der Waals surface area contributed by atoms with Gasteiger partial charge in [-0.15, -0.1) is 0 Å². The summed E-state index contributed by atoms with van der Waals surface area (Å²) in [7, 11) is 0. The van der Waals surface area contributed by atoms with Gasteiger partial charge in [-0.25, -0.2) is 4.79 Å². The van der Waals surface area contributed by atoms with Gasteiger partial charge in [0.2, 0.25) is 5.91 Å². The lowest BCUT2D eigenvalue weighted by molar-refractivity contribution is -0.151. The van der Waals surface area contributed by atoms with Crippen LogP contribution < -0.4 is 5.32 Å². The van der Waals surface area contributed by atoms with Crippen molar-refractivity contribution in [1.82, 2.24) is 10.2 Å². The maximum absolute atomic E-state index is 11.7. The molecule has 2 rings (SSSR count). The first-order valence-corrected chi connectivity index (χ1v) is 6.55. The lowest BCUT2D eigenvalue weighted by atomic mass is 10.2. The minimum Gasteiger partial charge on any atom is -0.479 e. The first-order chi connectivity index (χ1) is 8.66. The second-order valence-electron chi connectivity index (χ2n) is 4.87. The molecule has 0 aromatic rings. The van der Waals surface area contributed by atoms with Crippen LogP contribution in [-0.2, 0) is 14.3 Å². The Kier molecular flexibility index (Phi) is 4.54. The summed E-state index contributed by atoms with van der Waals surface area (Å²) < 4.78 is 5.18. The molecule has 18 heavy (non-hydrogen) atoms. The molecule has 0 aromatic heterocycles. The lowest BCUT2D eigenvalue weighted by Gasteiger charge is -2.16. The van der Waals surface area contributed by atoms with Crippen molar-refractivity contribution in [3.05, 3.63) is 0 Å². The largest absolute Gasteiger partial charge is 0.479 e. The second-order valence-corrected chi connectivity index (χ2v) is 4.87. The fourth-order valence-electron chi connectivity index (χ4n) is 2.47. The van der Waals surface area contributed by atoms with Crippen molar-refractivity contribution in [3.63, 3.8) is 0 Å². The highest BCUT2D eigenvalue weighted by Crippen LogP contribution is 2.19. The zero-order valence-electron chi connectivity index (χ0n) is 10.4. The zero-order valence-corrected chi connectivity index (χ0v) is 10.4. The van der Waals surface area contributed by atoms with Crippen molar-refractivity contribution in [1.29, 1.82) is 0 Å². The maximum atomic E-state index is 11.7. The Morgan fingerprint density at radius 3 is 2.50 bits per heavy atom. The van der Waals surface area contributed by atoms with Crippen molar-refractivity contribution < 1.29 is 19.4 Å². The van der Waals surface area contributed by atoms with E-state index in [4.69, 9.17) is 9.84 Å². The van der Waals surface area contributed by atoms with Crippen molar-refractivity contribution in [2.75, 3.05) is 26.2 Å². The first-order valence-electron chi connectivity index (χ1n) is 6.55. The Bertz CT molecular complexity index is 315. The SMILES string of the molecule is O=C(NCCN1CCCC1)[C@@H]1CC[C@H](C(=O)O)O1. The van der Waals surface area contributed by atoms with Crippen LogP contribution in [0.5, 0.6) is 0 Å². The normalized spacial score (nSPS) is 28.4.